The molecular weight excluding hydrogens is 523 g/mol. The Kier molecular flexibility index (Phi) is 7.44. The Morgan fingerprint density at radius 2 is 2.03 bits per heavy atom. The zero-order valence-corrected chi connectivity index (χ0v) is 22.1. The summed E-state index contributed by atoms with van der Waals surface area (Å²) in [4.78, 5) is 4.42. The number of pyridine rings is 1. The lowest BCUT2D eigenvalue weighted by molar-refractivity contribution is -0.141. The third-order valence-electron chi connectivity index (χ3n) is 6.10. The first-order valence-corrected chi connectivity index (χ1v) is 12.6. The number of benzene rings is 3. The van der Waals surface area contributed by atoms with Gasteiger partial charge < -0.3 is 30.0 Å². The second-order valence-electron chi connectivity index (χ2n) is 9.52. The number of nitrogens with one attached hydrogen (secondary N) is 1. The highest BCUT2D eigenvalue weighted by Crippen LogP contribution is 2.36. The van der Waals surface area contributed by atoms with Crippen LogP contribution in [-0.4, -0.2) is 30.1 Å². The van der Waals surface area contributed by atoms with E-state index in [1.807, 2.05) is 13.8 Å². The van der Waals surface area contributed by atoms with Crippen LogP contribution in [0.1, 0.15) is 25.0 Å². The van der Waals surface area contributed by atoms with Gasteiger partial charge in [-0.3, -0.25) is 4.98 Å². The van der Waals surface area contributed by atoms with Crippen LogP contribution in [-0.2, 0) is 16.1 Å². The Morgan fingerprint density at radius 3 is 2.74 bits per heavy atom. The lowest BCUT2D eigenvalue weighted by atomic mass is 10.1. The Morgan fingerprint density at radius 1 is 1.18 bits per heavy atom. The molecule has 1 saturated heterocycles. The summed E-state index contributed by atoms with van der Waals surface area (Å²) in [5.74, 6) is -0.0762. The van der Waals surface area contributed by atoms with Gasteiger partial charge in [0.15, 0.2) is 5.79 Å². The van der Waals surface area contributed by atoms with Gasteiger partial charge in [-0.2, -0.15) is 5.26 Å². The van der Waals surface area contributed by atoms with E-state index in [-0.39, 0.29) is 25.1 Å². The van der Waals surface area contributed by atoms with Gasteiger partial charge in [0.25, 0.3) is 0 Å². The molecule has 1 aliphatic heterocycles. The van der Waals surface area contributed by atoms with Crippen molar-refractivity contribution in [2.75, 3.05) is 24.3 Å². The molecule has 200 valence electrons. The minimum absolute atomic E-state index is 0.166. The summed E-state index contributed by atoms with van der Waals surface area (Å²) in [5, 5.41) is 14.0. The highest BCUT2D eigenvalue weighted by atomic mass is 35.5. The number of hydrogen-bond acceptors (Lipinski definition) is 8. The van der Waals surface area contributed by atoms with Crippen LogP contribution in [0.2, 0.25) is 5.02 Å². The van der Waals surface area contributed by atoms with Gasteiger partial charge >= 0.3 is 0 Å². The first kappa shape index (κ1) is 26.5. The van der Waals surface area contributed by atoms with Crippen molar-refractivity contribution in [1.29, 1.82) is 5.26 Å². The Bertz CT molecular complexity index is 1570. The van der Waals surface area contributed by atoms with Gasteiger partial charge in [0, 0.05) is 23.3 Å². The van der Waals surface area contributed by atoms with E-state index in [9.17, 15) is 9.65 Å². The van der Waals surface area contributed by atoms with Gasteiger partial charge in [0.1, 0.15) is 42.7 Å². The molecule has 5 rings (SSSR count). The van der Waals surface area contributed by atoms with Crippen molar-refractivity contribution in [2.45, 2.75) is 32.3 Å². The largest absolute Gasteiger partial charge is 0.489 e. The quantitative estimate of drug-likeness (QED) is 0.245. The molecule has 4 aromatic rings. The topological polar surface area (TPSA) is 112 Å². The van der Waals surface area contributed by atoms with E-state index in [0.717, 1.165) is 0 Å². The van der Waals surface area contributed by atoms with Crippen LogP contribution in [0.5, 0.6) is 11.5 Å². The molecule has 3 aromatic carbocycles. The number of nitriles is 1. The summed E-state index contributed by atoms with van der Waals surface area (Å²) in [7, 11) is 0. The SMILES string of the molecule is CC1(C)OCC(COc2cc3ncc(C#N)c(Nc4ccc(OCc5cccc(F)c5)c(Cl)c4)c3cc2N)O1. The molecule has 1 aliphatic rings. The van der Waals surface area contributed by atoms with E-state index in [4.69, 9.17) is 36.3 Å². The van der Waals surface area contributed by atoms with Crippen molar-refractivity contribution in [2.24, 2.45) is 0 Å². The van der Waals surface area contributed by atoms with Crippen LogP contribution < -0.4 is 20.5 Å². The number of nitrogen functional groups attached to an aromatic ring is 1. The molecule has 0 aliphatic carbocycles. The first-order valence-electron chi connectivity index (χ1n) is 12.2. The normalized spacial score (nSPS) is 16.1. The zero-order valence-electron chi connectivity index (χ0n) is 21.3. The monoisotopic (exact) mass is 548 g/mol. The van der Waals surface area contributed by atoms with Crippen molar-refractivity contribution in [3.8, 4) is 17.6 Å². The van der Waals surface area contributed by atoms with Crippen LogP contribution in [0.25, 0.3) is 10.9 Å². The molecule has 3 N–H and O–H groups in total. The molecule has 0 radical (unpaired) electrons. The highest BCUT2D eigenvalue weighted by molar-refractivity contribution is 6.32. The van der Waals surface area contributed by atoms with Crippen LogP contribution in [0.4, 0.5) is 21.5 Å². The van der Waals surface area contributed by atoms with Gasteiger partial charge in [0.05, 0.1) is 34.1 Å². The number of halogens is 2. The molecule has 0 saturated carbocycles. The maximum absolute atomic E-state index is 13.4. The van der Waals surface area contributed by atoms with Crippen molar-refractivity contribution in [1.82, 2.24) is 4.98 Å². The molecule has 2 heterocycles. The Balaban J connectivity index is 1.35. The lowest BCUT2D eigenvalue weighted by Crippen LogP contribution is -2.25. The maximum atomic E-state index is 13.4. The zero-order chi connectivity index (χ0) is 27.6. The van der Waals surface area contributed by atoms with E-state index >= 15 is 0 Å². The standard InChI is InChI=1S/C29H26ClFN4O4/c1-29(2)38-16-21(39-29)15-37-27-11-25-22(10-24(27)33)28(18(12-32)13-34-25)35-20-6-7-26(23(30)9-20)36-14-17-4-3-5-19(31)8-17/h3-11,13,21H,14-16,33H2,1-2H3,(H,34,35). The first-order chi connectivity index (χ1) is 18.7. The van der Waals surface area contributed by atoms with Crippen LogP contribution in [0.15, 0.2) is 60.8 Å². The molecule has 0 spiro atoms. The number of hydrogen-bond donors (Lipinski definition) is 2. The fraction of sp³-hybridized carbons (Fsp3) is 0.241. The third kappa shape index (κ3) is 6.15. The third-order valence-corrected chi connectivity index (χ3v) is 6.39. The van der Waals surface area contributed by atoms with E-state index in [1.165, 1.54) is 18.3 Å². The highest BCUT2D eigenvalue weighted by Gasteiger charge is 2.33. The number of anilines is 3. The fourth-order valence-electron chi connectivity index (χ4n) is 4.24. The maximum Gasteiger partial charge on any atom is 0.163 e. The van der Waals surface area contributed by atoms with Gasteiger partial charge in [-0.05, 0) is 55.8 Å². The smallest absolute Gasteiger partial charge is 0.163 e. The number of ether oxygens (including phenoxy) is 4. The van der Waals surface area contributed by atoms with Crippen molar-refractivity contribution in [3.05, 3.63) is 82.8 Å². The predicted molar refractivity (Wildman–Crippen MR) is 147 cm³/mol. The minimum Gasteiger partial charge on any atom is -0.489 e. The van der Waals surface area contributed by atoms with Gasteiger partial charge in [0.2, 0.25) is 0 Å². The molecule has 1 aromatic heterocycles. The Hall–Kier alpha value is -4.10. The Labute approximate surface area is 230 Å². The molecule has 1 unspecified atom stereocenters. The van der Waals surface area contributed by atoms with E-state index < -0.39 is 5.79 Å². The van der Waals surface area contributed by atoms with Crippen molar-refractivity contribution >= 4 is 39.6 Å². The van der Waals surface area contributed by atoms with Crippen LogP contribution in [0, 0.1) is 17.1 Å². The number of fused-ring (bicyclic) bond motifs is 1. The van der Waals surface area contributed by atoms with Crippen LogP contribution in [0.3, 0.4) is 0 Å². The summed E-state index contributed by atoms with van der Waals surface area (Å²) in [6, 6.07) is 16.9. The summed E-state index contributed by atoms with van der Waals surface area (Å²) < 4.78 is 36.5. The van der Waals surface area contributed by atoms with Crippen LogP contribution >= 0.6 is 11.6 Å². The minimum atomic E-state index is -0.646. The average Bonchev–Trinajstić information content (AvgIpc) is 3.26. The second kappa shape index (κ2) is 10.9. The summed E-state index contributed by atoms with van der Waals surface area (Å²) in [6.45, 7) is 4.56. The average molecular weight is 549 g/mol. The molecule has 10 heteroatoms. The fourth-order valence-corrected chi connectivity index (χ4v) is 4.47. The summed E-state index contributed by atoms with van der Waals surface area (Å²) in [6.07, 6.45) is 1.27. The molecule has 1 atom stereocenters. The van der Waals surface area contributed by atoms with E-state index in [2.05, 4.69) is 16.4 Å². The van der Waals surface area contributed by atoms with Crippen molar-refractivity contribution in [3.63, 3.8) is 0 Å². The summed E-state index contributed by atoms with van der Waals surface area (Å²) in [5.41, 5.74) is 9.46. The number of nitrogens with zero attached hydrogens (tertiary/aromatic N) is 2. The number of aromatic nitrogens is 1. The van der Waals surface area contributed by atoms with E-state index in [1.54, 1.807) is 42.5 Å². The molecule has 1 fully saturated rings. The number of rotatable bonds is 8. The molecule has 0 amide bonds. The molecular formula is C29H26ClFN4O4. The van der Waals surface area contributed by atoms with Gasteiger partial charge in [-0.15, -0.1) is 0 Å². The molecule has 0 bridgehead atoms. The molecule has 8 nitrogen and oxygen atoms in total. The predicted octanol–water partition coefficient (Wildman–Crippen LogP) is 6.33. The van der Waals surface area contributed by atoms with Crippen molar-refractivity contribution < 1.29 is 23.3 Å². The van der Waals surface area contributed by atoms with E-state index in [0.29, 0.717) is 62.2 Å². The second-order valence-corrected chi connectivity index (χ2v) is 9.92. The van der Waals surface area contributed by atoms with Gasteiger partial charge in [-0.1, -0.05) is 23.7 Å². The lowest BCUT2D eigenvalue weighted by Gasteiger charge is -2.18. The number of nitrogens with two attached hydrogens (primary N) is 1. The summed E-state index contributed by atoms with van der Waals surface area (Å²) >= 11 is 6.47. The van der Waals surface area contributed by atoms with Gasteiger partial charge in [-0.25, -0.2) is 4.39 Å². The molecule has 39 heavy (non-hydrogen) atoms.